The molecule has 2 aliphatic rings. The van der Waals surface area contributed by atoms with Crippen LogP contribution in [-0.4, -0.2) is 47.9 Å². The van der Waals surface area contributed by atoms with Gasteiger partial charge in [-0.2, -0.15) is 0 Å². The first-order valence-electron chi connectivity index (χ1n) is 7.12. The molecule has 2 unspecified atom stereocenters. The average molecular weight is 338 g/mol. The third-order valence-corrected chi connectivity index (χ3v) is 5.17. The molecule has 2 saturated heterocycles. The van der Waals surface area contributed by atoms with E-state index < -0.39 is 0 Å². The molecule has 0 spiro atoms. The number of benzene rings is 1. The first kappa shape index (κ1) is 13.9. The van der Waals surface area contributed by atoms with Crippen LogP contribution in [0.2, 0.25) is 0 Å². The van der Waals surface area contributed by atoms with Crippen LogP contribution in [0.1, 0.15) is 29.6 Å². The van der Waals surface area contributed by atoms with Crippen molar-refractivity contribution in [2.75, 3.05) is 25.9 Å². The van der Waals surface area contributed by atoms with Gasteiger partial charge in [-0.1, -0.05) is 15.9 Å². The lowest BCUT2D eigenvalue weighted by Gasteiger charge is -2.26. The van der Waals surface area contributed by atoms with Crippen LogP contribution < -0.4 is 5.73 Å². The molecular formula is C15H20BrN3O. The number of likely N-dealkylation sites (N-methyl/N-ethyl adjacent to an activating group) is 1. The summed E-state index contributed by atoms with van der Waals surface area (Å²) in [5, 5.41) is 0. The maximum absolute atomic E-state index is 12.7. The van der Waals surface area contributed by atoms with E-state index in [-0.39, 0.29) is 5.91 Å². The number of likely N-dealkylation sites (tertiary alicyclic amines) is 1. The molecule has 2 atom stereocenters. The summed E-state index contributed by atoms with van der Waals surface area (Å²) in [7, 11) is 2.18. The van der Waals surface area contributed by atoms with Crippen molar-refractivity contribution in [2.45, 2.75) is 31.3 Å². The maximum Gasteiger partial charge on any atom is 0.256 e. The second-order valence-electron chi connectivity index (χ2n) is 5.82. The molecule has 1 aromatic carbocycles. The number of nitrogens with two attached hydrogens (primary N) is 1. The molecular weight excluding hydrogens is 318 g/mol. The van der Waals surface area contributed by atoms with Crippen LogP contribution in [0, 0.1) is 0 Å². The van der Waals surface area contributed by atoms with Gasteiger partial charge in [0.05, 0.1) is 5.56 Å². The van der Waals surface area contributed by atoms with Crippen LogP contribution in [0.3, 0.4) is 0 Å². The van der Waals surface area contributed by atoms with Crippen molar-refractivity contribution in [3.63, 3.8) is 0 Å². The standard InChI is InChI=1S/C15H20BrN3O/c1-18-11-3-4-12(18)9-19(7-6-11)15(20)13-8-10(16)2-5-14(13)17/h2,5,8,11-12H,3-4,6-7,9,17H2,1H3. The molecule has 1 amide bonds. The fourth-order valence-electron chi connectivity index (χ4n) is 3.38. The predicted molar refractivity (Wildman–Crippen MR) is 83.6 cm³/mol. The number of amides is 1. The van der Waals surface area contributed by atoms with Gasteiger partial charge in [-0.05, 0) is 44.5 Å². The quantitative estimate of drug-likeness (QED) is 0.800. The second-order valence-corrected chi connectivity index (χ2v) is 6.74. The smallest absolute Gasteiger partial charge is 0.256 e. The lowest BCUT2D eigenvalue weighted by Crippen LogP contribution is -2.39. The highest BCUT2D eigenvalue weighted by atomic mass is 79.9. The lowest BCUT2D eigenvalue weighted by atomic mass is 10.1. The van der Waals surface area contributed by atoms with Crippen LogP contribution in [0.25, 0.3) is 0 Å². The van der Waals surface area contributed by atoms with Crippen molar-refractivity contribution >= 4 is 27.5 Å². The van der Waals surface area contributed by atoms with E-state index in [0.29, 0.717) is 23.3 Å². The minimum Gasteiger partial charge on any atom is -0.398 e. The third-order valence-electron chi connectivity index (χ3n) is 4.68. The number of carbonyl (C=O) groups is 1. The van der Waals surface area contributed by atoms with E-state index in [1.807, 2.05) is 17.0 Å². The molecule has 2 aliphatic heterocycles. The first-order valence-corrected chi connectivity index (χ1v) is 7.92. The predicted octanol–water partition coefficient (Wildman–Crippen LogP) is 2.34. The van der Waals surface area contributed by atoms with Crippen molar-refractivity contribution in [3.8, 4) is 0 Å². The summed E-state index contributed by atoms with van der Waals surface area (Å²) in [5.41, 5.74) is 7.13. The summed E-state index contributed by atoms with van der Waals surface area (Å²) in [4.78, 5) is 17.1. The van der Waals surface area contributed by atoms with Crippen molar-refractivity contribution in [3.05, 3.63) is 28.2 Å². The van der Waals surface area contributed by atoms with Crippen molar-refractivity contribution in [1.29, 1.82) is 0 Å². The summed E-state index contributed by atoms with van der Waals surface area (Å²) in [6.45, 7) is 1.65. The van der Waals surface area contributed by atoms with Crippen LogP contribution in [0.4, 0.5) is 5.69 Å². The zero-order valence-corrected chi connectivity index (χ0v) is 13.3. The molecule has 2 fully saturated rings. The van der Waals surface area contributed by atoms with Gasteiger partial charge in [-0.3, -0.25) is 9.69 Å². The maximum atomic E-state index is 12.7. The Morgan fingerprint density at radius 3 is 2.85 bits per heavy atom. The van der Waals surface area contributed by atoms with Gasteiger partial charge in [0.15, 0.2) is 0 Å². The molecule has 3 rings (SSSR count). The monoisotopic (exact) mass is 337 g/mol. The SMILES string of the molecule is CN1C2CCC1CN(C(=O)c1cc(Br)ccc1N)CC2. The summed E-state index contributed by atoms with van der Waals surface area (Å²) in [5.74, 6) is 0.0600. The van der Waals surface area contributed by atoms with Gasteiger partial charge in [0.25, 0.3) is 5.91 Å². The number of halogens is 1. The van der Waals surface area contributed by atoms with E-state index in [1.54, 1.807) is 6.07 Å². The number of hydrogen-bond donors (Lipinski definition) is 1. The van der Waals surface area contributed by atoms with E-state index in [9.17, 15) is 4.79 Å². The van der Waals surface area contributed by atoms with Crippen LogP contribution in [0.5, 0.6) is 0 Å². The molecule has 2 bridgehead atoms. The normalized spacial score (nSPS) is 26.6. The zero-order valence-electron chi connectivity index (χ0n) is 11.7. The van der Waals surface area contributed by atoms with Gasteiger partial charge >= 0.3 is 0 Å². The van der Waals surface area contributed by atoms with E-state index in [1.165, 1.54) is 12.8 Å². The number of hydrogen-bond acceptors (Lipinski definition) is 3. The average Bonchev–Trinajstić information content (AvgIpc) is 2.65. The molecule has 108 valence electrons. The number of nitrogens with zero attached hydrogens (tertiary/aromatic N) is 2. The minimum atomic E-state index is 0.0600. The minimum absolute atomic E-state index is 0.0600. The Labute approximate surface area is 128 Å². The molecule has 4 nitrogen and oxygen atoms in total. The Hall–Kier alpha value is -1.07. The number of carbonyl (C=O) groups excluding carboxylic acids is 1. The molecule has 5 heteroatoms. The number of fused-ring (bicyclic) bond motifs is 2. The van der Waals surface area contributed by atoms with E-state index in [4.69, 9.17) is 5.73 Å². The highest BCUT2D eigenvalue weighted by molar-refractivity contribution is 9.10. The molecule has 0 aromatic heterocycles. The zero-order chi connectivity index (χ0) is 14.3. The Morgan fingerprint density at radius 2 is 2.05 bits per heavy atom. The van der Waals surface area contributed by atoms with Gasteiger partial charge in [0.1, 0.15) is 0 Å². The fourth-order valence-corrected chi connectivity index (χ4v) is 3.74. The number of rotatable bonds is 1. The molecule has 0 radical (unpaired) electrons. The van der Waals surface area contributed by atoms with Crippen LogP contribution in [0.15, 0.2) is 22.7 Å². The molecule has 1 aromatic rings. The molecule has 2 N–H and O–H groups in total. The van der Waals surface area contributed by atoms with Crippen molar-refractivity contribution < 1.29 is 4.79 Å². The van der Waals surface area contributed by atoms with Gasteiger partial charge in [0.2, 0.25) is 0 Å². The molecule has 0 saturated carbocycles. The Balaban J connectivity index is 1.82. The van der Waals surface area contributed by atoms with Gasteiger partial charge in [0, 0.05) is 35.3 Å². The van der Waals surface area contributed by atoms with Gasteiger partial charge < -0.3 is 10.6 Å². The van der Waals surface area contributed by atoms with Crippen molar-refractivity contribution in [1.82, 2.24) is 9.80 Å². The highest BCUT2D eigenvalue weighted by Crippen LogP contribution is 2.29. The summed E-state index contributed by atoms with van der Waals surface area (Å²) in [6.07, 6.45) is 3.52. The summed E-state index contributed by atoms with van der Waals surface area (Å²) in [6, 6.07) is 6.61. The van der Waals surface area contributed by atoms with Gasteiger partial charge in [-0.25, -0.2) is 0 Å². The number of nitrogen functional groups attached to an aromatic ring is 1. The fraction of sp³-hybridized carbons (Fsp3) is 0.533. The first-order chi connectivity index (χ1) is 9.56. The Kier molecular flexibility index (Phi) is 3.73. The Bertz CT molecular complexity index is 534. The van der Waals surface area contributed by atoms with E-state index in [2.05, 4.69) is 27.9 Å². The van der Waals surface area contributed by atoms with Crippen LogP contribution >= 0.6 is 15.9 Å². The topological polar surface area (TPSA) is 49.6 Å². The molecule has 20 heavy (non-hydrogen) atoms. The summed E-state index contributed by atoms with van der Waals surface area (Å²) >= 11 is 3.41. The van der Waals surface area contributed by atoms with Gasteiger partial charge in [-0.15, -0.1) is 0 Å². The van der Waals surface area contributed by atoms with Crippen molar-refractivity contribution in [2.24, 2.45) is 0 Å². The summed E-state index contributed by atoms with van der Waals surface area (Å²) < 4.78 is 0.892. The lowest BCUT2D eigenvalue weighted by molar-refractivity contribution is 0.0741. The van der Waals surface area contributed by atoms with E-state index >= 15 is 0 Å². The highest BCUT2D eigenvalue weighted by Gasteiger charge is 2.36. The third kappa shape index (κ3) is 2.44. The largest absolute Gasteiger partial charge is 0.398 e. The second kappa shape index (κ2) is 5.37. The molecule has 0 aliphatic carbocycles. The van der Waals surface area contributed by atoms with Crippen LogP contribution in [-0.2, 0) is 0 Å². The molecule has 2 heterocycles. The Morgan fingerprint density at radius 1 is 1.30 bits per heavy atom. The number of anilines is 1. The van der Waals surface area contributed by atoms with E-state index in [0.717, 1.165) is 24.0 Å².